The quantitative estimate of drug-likeness (QED) is 0.892. The van der Waals surface area contributed by atoms with Gasteiger partial charge >= 0.3 is 0 Å². The van der Waals surface area contributed by atoms with Gasteiger partial charge in [-0.15, -0.1) is 0 Å². The molecule has 17 heavy (non-hydrogen) atoms. The Morgan fingerprint density at radius 3 is 2.88 bits per heavy atom. The molecule has 2 bridgehead atoms. The fourth-order valence-electron chi connectivity index (χ4n) is 3.66. The molecule has 2 aliphatic carbocycles. The molecule has 0 aliphatic heterocycles. The second-order valence-electron chi connectivity index (χ2n) is 5.64. The third-order valence-corrected chi connectivity index (χ3v) is 5.25. The highest BCUT2D eigenvalue weighted by molar-refractivity contribution is 7.09. The first-order valence-electron chi connectivity index (χ1n) is 6.85. The smallest absolute Gasteiger partial charge is 0.202 e. The number of fused-ring (bicyclic) bond motifs is 2. The van der Waals surface area contributed by atoms with Gasteiger partial charge in [0.05, 0.1) is 0 Å². The van der Waals surface area contributed by atoms with E-state index in [-0.39, 0.29) is 0 Å². The Balaban J connectivity index is 1.61. The van der Waals surface area contributed by atoms with Crippen molar-refractivity contribution < 1.29 is 0 Å². The first-order chi connectivity index (χ1) is 8.26. The summed E-state index contributed by atoms with van der Waals surface area (Å²) >= 11 is 1.51. The molecule has 0 amide bonds. The van der Waals surface area contributed by atoms with E-state index in [9.17, 15) is 0 Å². The molecule has 2 fully saturated rings. The molecule has 1 aromatic heterocycles. The maximum atomic E-state index is 4.50. The van der Waals surface area contributed by atoms with Gasteiger partial charge < -0.3 is 5.32 Å². The number of aromatic nitrogens is 2. The molecule has 3 nitrogen and oxygen atoms in total. The van der Waals surface area contributed by atoms with E-state index in [1.165, 1.54) is 37.2 Å². The van der Waals surface area contributed by atoms with E-state index in [2.05, 4.69) is 28.5 Å². The molecule has 2 saturated carbocycles. The van der Waals surface area contributed by atoms with Gasteiger partial charge in [0.2, 0.25) is 5.13 Å². The molecule has 4 unspecified atom stereocenters. The van der Waals surface area contributed by atoms with E-state index in [0.717, 1.165) is 35.1 Å². The number of hydrogen-bond acceptors (Lipinski definition) is 4. The lowest BCUT2D eigenvalue weighted by atomic mass is 9.84. The zero-order valence-electron chi connectivity index (χ0n) is 10.6. The highest BCUT2D eigenvalue weighted by Gasteiger charge is 2.41. The number of aryl methyl sites for hydroxylation is 1. The molecule has 1 heterocycles. The van der Waals surface area contributed by atoms with Gasteiger partial charge in [0.25, 0.3) is 0 Å². The topological polar surface area (TPSA) is 37.8 Å². The molecular weight excluding hydrogens is 230 g/mol. The zero-order valence-corrected chi connectivity index (χ0v) is 11.5. The normalized spacial score (nSPS) is 32.9. The van der Waals surface area contributed by atoms with Crippen LogP contribution in [-0.2, 0) is 6.42 Å². The largest absolute Gasteiger partial charge is 0.358 e. The molecule has 3 rings (SSSR count). The summed E-state index contributed by atoms with van der Waals surface area (Å²) in [4.78, 5) is 4.50. The van der Waals surface area contributed by atoms with E-state index in [1.54, 1.807) is 0 Å². The molecule has 1 N–H and O–H groups in total. The van der Waals surface area contributed by atoms with Gasteiger partial charge in [-0.2, -0.15) is 4.37 Å². The summed E-state index contributed by atoms with van der Waals surface area (Å²) in [5.74, 6) is 3.83. The third kappa shape index (κ3) is 2.19. The fraction of sp³-hybridized carbons (Fsp3) is 0.846. The van der Waals surface area contributed by atoms with Crippen molar-refractivity contribution in [2.24, 2.45) is 17.8 Å². The lowest BCUT2D eigenvalue weighted by molar-refractivity contribution is 0.304. The van der Waals surface area contributed by atoms with E-state index in [1.807, 2.05) is 0 Å². The third-order valence-electron chi connectivity index (χ3n) is 4.57. The van der Waals surface area contributed by atoms with Crippen LogP contribution in [0.25, 0.3) is 0 Å². The van der Waals surface area contributed by atoms with E-state index in [4.69, 9.17) is 0 Å². The maximum absolute atomic E-state index is 4.50. The number of anilines is 1. The van der Waals surface area contributed by atoms with Crippen LogP contribution < -0.4 is 5.32 Å². The second kappa shape index (κ2) is 4.56. The van der Waals surface area contributed by atoms with Crippen LogP contribution >= 0.6 is 11.5 Å². The summed E-state index contributed by atoms with van der Waals surface area (Å²) in [5.41, 5.74) is 0. The van der Waals surface area contributed by atoms with Gasteiger partial charge in [-0.1, -0.05) is 13.3 Å². The summed E-state index contributed by atoms with van der Waals surface area (Å²) in [6, 6.07) is 0.558. The Morgan fingerprint density at radius 2 is 2.29 bits per heavy atom. The van der Waals surface area contributed by atoms with Crippen LogP contribution in [0.2, 0.25) is 0 Å². The summed E-state index contributed by atoms with van der Waals surface area (Å²) in [5, 5.41) is 4.58. The highest BCUT2D eigenvalue weighted by atomic mass is 32.1. The predicted molar refractivity (Wildman–Crippen MR) is 71.3 cm³/mol. The van der Waals surface area contributed by atoms with Gasteiger partial charge in [-0.05, 0) is 43.9 Å². The molecule has 4 heteroatoms. The minimum absolute atomic E-state index is 0.558. The van der Waals surface area contributed by atoms with Gasteiger partial charge in [0.1, 0.15) is 5.82 Å². The summed E-state index contributed by atoms with van der Waals surface area (Å²) in [6.07, 6.45) is 6.77. The van der Waals surface area contributed by atoms with Crippen LogP contribution in [0.5, 0.6) is 0 Å². The first-order valence-corrected chi connectivity index (χ1v) is 7.62. The van der Waals surface area contributed by atoms with Crippen molar-refractivity contribution in [2.75, 3.05) is 5.32 Å². The maximum Gasteiger partial charge on any atom is 0.202 e. The van der Waals surface area contributed by atoms with Gasteiger partial charge in [-0.25, -0.2) is 4.98 Å². The first kappa shape index (κ1) is 11.5. The Kier molecular flexibility index (Phi) is 3.07. The van der Waals surface area contributed by atoms with Crippen LogP contribution in [-0.4, -0.2) is 15.4 Å². The molecule has 0 saturated heterocycles. The Morgan fingerprint density at radius 1 is 1.41 bits per heavy atom. The minimum Gasteiger partial charge on any atom is -0.358 e. The van der Waals surface area contributed by atoms with Crippen molar-refractivity contribution in [1.29, 1.82) is 0 Å². The number of nitrogens with one attached hydrogen (secondary N) is 1. The van der Waals surface area contributed by atoms with Crippen molar-refractivity contribution in [1.82, 2.24) is 9.36 Å². The molecule has 0 aromatic carbocycles. The summed E-state index contributed by atoms with van der Waals surface area (Å²) < 4.78 is 4.33. The van der Waals surface area contributed by atoms with Crippen LogP contribution in [0.15, 0.2) is 0 Å². The molecule has 0 radical (unpaired) electrons. The lowest BCUT2D eigenvalue weighted by Gasteiger charge is -2.28. The van der Waals surface area contributed by atoms with Crippen LogP contribution in [0.4, 0.5) is 5.13 Å². The number of hydrogen-bond donors (Lipinski definition) is 1. The van der Waals surface area contributed by atoms with Crippen molar-refractivity contribution >= 4 is 16.7 Å². The van der Waals surface area contributed by atoms with Crippen LogP contribution in [0, 0.1) is 17.8 Å². The van der Waals surface area contributed by atoms with Crippen LogP contribution in [0.1, 0.15) is 45.4 Å². The van der Waals surface area contributed by atoms with E-state index in [0.29, 0.717) is 6.04 Å². The van der Waals surface area contributed by atoms with E-state index >= 15 is 0 Å². The highest BCUT2D eigenvalue weighted by Crippen LogP contribution is 2.49. The Labute approximate surface area is 107 Å². The summed E-state index contributed by atoms with van der Waals surface area (Å²) in [6.45, 7) is 4.42. The lowest BCUT2D eigenvalue weighted by Crippen LogP contribution is -2.29. The monoisotopic (exact) mass is 251 g/mol. The van der Waals surface area contributed by atoms with Crippen molar-refractivity contribution in [2.45, 2.75) is 52.0 Å². The molecule has 4 atom stereocenters. The van der Waals surface area contributed by atoms with Crippen molar-refractivity contribution in [3.05, 3.63) is 5.82 Å². The van der Waals surface area contributed by atoms with Gasteiger partial charge in [-0.3, -0.25) is 0 Å². The zero-order chi connectivity index (χ0) is 11.8. The molecular formula is C13H21N3S. The summed E-state index contributed by atoms with van der Waals surface area (Å²) in [7, 11) is 0. The fourth-order valence-corrected chi connectivity index (χ4v) is 4.41. The molecule has 94 valence electrons. The predicted octanol–water partition coefficient (Wildman–Crippen LogP) is 3.34. The average molecular weight is 251 g/mol. The van der Waals surface area contributed by atoms with E-state index < -0.39 is 0 Å². The second-order valence-corrected chi connectivity index (χ2v) is 6.39. The SMILES string of the molecule is CCc1nsc(NC(C)C2CC3CCC2C3)n1. The van der Waals surface area contributed by atoms with Gasteiger partial charge in [0.15, 0.2) is 0 Å². The van der Waals surface area contributed by atoms with Crippen molar-refractivity contribution in [3.8, 4) is 0 Å². The molecule has 1 aromatic rings. The standard InChI is InChI=1S/C13H21N3S/c1-3-12-15-13(17-16-12)14-8(2)11-7-9-4-5-10(11)6-9/h8-11H,3-7H2,1-2H3,(H,14,15,16). The minimum atomic E-state index is 0.558. The molecule has 2 aliphatic rings. The van der Waals surface area contributed by atoms with Gasteiger partial charge in [0, 0.05) is 24.0 Å². The number of rotatable bonds is 4. The average Bonchev–Trinajstić information content (AvgIpc) is 3.04. The van der Waals surface area contributed by atoms with Crippen LogP contribution in [0.3, 0.4) is 0 Å². The molecule has 0 spiro atoms. The number of nitrogens with zero attached hydrogens (tertiary/aromatic N) is 2. The van der Waals surface area contributed by atoms with Crippen molar-refractivity contribution in [3.63, 3.8) is 0 Å². The Hall–Kier alpha value is -0.640. The Bertz CT molecular complexity index is 390.